The number of benzene rings is 5. The first-order valence-corrected chi connectivity index (χ1v) is 31.7. The number of carbonyl (C=O) groups is 3. The summed E-state index contributed by atoms with van der Waals surface area (Å²) in [7, 11) is -11.1. The molecule has 0 radical (unpaired) electrons. The Kier molecular flexibility index (Phi) is 19.1. The van der Waals surface area contributed by atoms with Crippen LogP contribution in [0.5, 0.6) is 0 Å². The molecule has 2 atom stereocenters. The lowest BCUT2D eigenvalue weighted by Gasteiger charge is -2.39. The van der Waals surface area contributed by atoms with Gasteiger partial charge in [-0.15, -0.1) is 11.8 Å². The Morgan fingerprint density at radius 1 is 0.805 bits per heavy atom. The maximum Gasteiger partial charge on any atom is 0.501 e. The zero-order chi connectivity index (χ0) is 58.4. The van der Waals surface area contributed by atoms with Gasteiger partial charge in [0.25, 0.3) is 25.8 Å². The van der Waals surface area contributed by atoms with Crippen molar-refractivity contribution < 1.29 is 48.8 Å². The molecule has 4 N–H and O–H groups in total. The van der Waals surface area contributed by atoms with Gasteiger partial charge in [-0.25, -0.2) is 25.9 Å². The van der Waals surface area contributed by atoms with Crippen molar-refractivity contribution in [3.63, 3.8) is 0 Å². The van der Waals surface area contributed by atoms with Crippen LogP contribution in [0.25, 0.3) is 5.57 Å². The highest BCUT2D eigenvalue weighted by atomic mass is 35.5. The fourth-order valence-corrected chi connectivity index (χ4v) is 14.1. The van der Waals surface area contributed by atoms with Crippen LogP contribution in [-0.4, -0.2) is 138 Å². The van der Waals surface area contributed by atoms with Crippen LogP contribution in [-0.2, 0) is 36.0 Å². The minimum atomic E-state index is -6.15. The number of anilines is 3. The number of alkyl halides is 3. The van der Waals surface area contributed by atoms with Crippen LogP contribution in [0.1, 0.15) is 73.9 Å². The molecule has 82 heavy (non-hydrogen) atoms. The number of rotatable bonds is 20. The number of allylic oxidation sites excluding steroid dienone is 1. The summed E-state index contributed by atoms with van der Waals surface area (Å²) in [6.07, 6.45) is 3.91. The predicted molar refractivity (Wildman–Crippen MR) is 313 cm³/mol. The molecule has 0 saturated carbocycles. The Labute approximate surface area is 486 Å². The zero-order valence-electron chi connectivity index (χ0n) is 45.6. The maximum atomic E-state index is 14.8. The first kappa shape index (κ1) is 60.6. The van der Waals surface area contributed by atoms with E-state index in [9.17, 15) is 48.8 Å². The number of hydrogen-bond donors (Lipinski definition) is 4. The average molecular weight is 1210 g/mol. The molecule has 3 saturated heterocycles. The highest BCUT2D eigenvalue weighted by Crippen LogP contribution is 2.43. The minimum absolute atomic E-state index is 0.0316. The van der Waals surface area contributed by atoms with Crippen molar-refractivity contribution in [1.82, 2.24) is 24.7 Å². The van der Waals surface area contributed by atoms with Gasteiger partial charge >= 0.3 is 5.51 Å². The number of sulfonamides is 1. The Morgan fingerprint density at radius 3 is 2.16 bits per heavy atom. The predicted octanol–water partition coefficient (Wildman–Crippen LogP) is 9.68. The molecule has 3 aliphatic heterocycles. The summed E-state index contributed by atoms with van der Waals surface area (Å²) in [5.74, 6) is -2.07. The lowest BCUT2D eigenvalue weighted by Crippen LogP contribution is -2.47. The smallest absolute Gasteiger partial charge is 0.380 e. The molecule has 5 aromatic rings. The molecule has 3 fully saturated rings. The Balaban J connectivity index is 0.829. The van der Waals surface area contributed by atoms with Crippen molar-refractivity contribution in [2.24, 2.45) is 5.41 Å². The molecule has 15 nitrogen and oxygen atoms in total. The summed E-state index contributed by atoms with van der Waals surface area (Å²) in [5.41, 5.74) is -0.159. The van der Waals surface area contributed by atoms with Crippen molar-refractivity contribution >= 4 is 83.6 Å². The minimum Gasteiger partial charge on any atom is -0.380 e. The van der Waals surface area contributed by atoms with Crippen LogP contribution in [0, 0.1) is 11.2 Å². The number of carbonyl (C=O) groups excluding carboxylic acids is 3. The number of nitrogens with one attached hydrogen (secondary N) is 4. The summed E-state index contributed by atoms with van der Waals surface area (Å²) >= 11 is 7.62. The molecule has 438 valence electrons. The number of nitrogens with zero attached hydrogens (tertiary/aromatic N) is 4. The molecule has 0 spiro atoms. The van der Waals surface area contributed by atoms with Gasteiger partial charge in [0.15, 0.2) is 0 Å². The third-order valence-electron chi connectivity index (χ3n) is 15.5. The molecule has 1 aliphatic carbocycles. The van der Waals surface area contributed by atoms with E-state index in [1.807, 2.05) is 47.2 Å². The number of amides is 3. The fraction of sp³-hybridized carbons (Fsp3) is 0.407. The van der Waals surface area contributed by atoms with Gasteiger partial charge in [-0.2, -0.15) is 13.2 Å². The molecule has 0 bridgehead atoms. The molecule has 0 aromatic heterocycles. The van der Waals surface area contributed by atoms with Crippen LogP contribution in [0.2, 0.25) is 5.02 Å². The Bertz CT molecular complexity index is 3380. The monoisotopic (exact) mass is 1210 g/mol. The van der Waals surface area contributed by atoms with Crippen molar-refractivity contribution in [3.8, 4) is 0 Å². The summed E-state index contributed by atoms with van der Waals surface area (Å²) in [4.78, 5) is 45.1. The van der Waals surface area contributed by atoms with Gasteiger partial charge < -0.3 is 20.4 Å². The van der Waals surface area contributed by atoms with Gasteiger partial charge in [-0.1, -0.05) is 61.4 Å². The first-order chi connectivity index (χ1) is 39.0. The van der Waals surface area contributed by atoms with Crippen LogP contribution in [0.3, 0.4) is 0 Å². The molecule has 9 rings (SSSR count). The van der Waals surface area contributed by atoms with Crippen molar-refractivity contribution in [3.05, 3.63) is 148 Å². The SMILES string of the molecule is CC1(C)CCC(c2ccc(Cl)cc2)=C(CN2CCN(c3ccc(C(=O)NS(=O)(=O)c4ccc(N[C@H](CCN5CCN(Cc6cc(F)cc(NC7CCC(=O)NC7=O)c6)CC5)CSc5ccccc5)c(S(=O)(=O)C(F)(F)F)c4)cc3)CC2)C1. The standard InChI is InChI=1S/C59H67ClF4N8O7S3/c1-58(2)22-20-51(41-8-12-44(60)13-9-41)43(36-58)38-71-28-30-72(31-29-71)48-14-10-42(11-15-48)56(74)68-82(78,79)50-16-17-52(54(35-50)81(76,77)59(62,63)64)65-46(39-80-49-6-4-3-5-7-49)21-23-69-24-26-70(27-25-69)37-40-32-45(61)34-47(33-40)66-53-18-19-55(73)67-57(53)75/h3-17,32-35,46,53,65-66H,18-31,36-39H2,1-2H3,(H,68,74)(H,67,73,75)/t46-,53?/m1/s1. The Hall–Kier alpha value is -6.01. The summed E-state index contributed by atoms with van der Waals surface area (Å²) in [6.45, 7) is 11.7. The van der Waals surface area contributed by atoms with Crippen LogP contribution >= 0.6 is 23.4 Å². The van der Waals surface area contributed by atoms with E-state index in [-0.39, 0.29) is 29.7 Å². The van der Waals surface area contributed by atoms with Crippen molar-refractivity contribution in [1.29, 1.82) is 0 Å². The van der Waals surface area contributed by atoms with E-state index in [0.717, 1.165) is 61.6 Å². The highest BCUT2D eigenvalue weighted by molar-refractivity contribution is 7.99. The van der Waals surface area contributed by atoms with Gasteiger partial charge in [0.1, 0.15) is 16.8 Å². The van der Waals surface area contributed by atoms with Gasteiger partial charge in [-0.05, 0) is 139 Å². The van der Waals surface area contributed by atoms with Gasteiger partial charge in [0.05, 0.1) is 10.6 Å². The number of sulfone groups is 1. The van der Waals surface area contributed by atoms with Crippen LogP contribution in [0.15, 0.2) is 136 Å². The lowest BCUT2D eigenvalue weighted by atomic mass is 9.73. The average Bonchev–Trinajstić information content (AvgIpc) is 3.64. The second-order valence-electron chi connectivity index (χ2n) is 22.1. The molecule has 3 heterocycles. The van der Waals surface area contributed by atoms with Gasteiger partial charge in [0.2, 0.25) is 11.8 Å². The quantitative estimate of drug-likeness (QED) is 0.0329. The number of hydrogen-bond acceptors (Lipinski definition) is 14. The number of piperidine rings is 1. The van der Waals surface area contributed by atoms with Crippen LogP contribution < -0.4 is 25.6 Å². The van der Waals surface area contributed by atoms with E-state index in [4.69, 9.17) is 11.6 Å². The molecule has 1 unspecified atom stereocenters. The van der Waals surface area contributed by atoms with E-state index in [1.165, 1.54) is 52.7 Å². The van der Waals surface area contributed by atoms with E-state index >= 15 is 0 Å². The number of thioether (sulfide) groups is 1. The Morgan fingerprint density at radius 2 is 1.48 bits per heavy atom. The second kappa shape index (κ2) is 25.9. The van der Waals surface area contributed by atoms with Crippen molar-refractivity contribution in [2.75, 3.05) is 86.7 Å². The second-order valence-corrected chi connectivity index (χ2v) is 27.3. The van der Waals surface area contributed by atoms with E-state index in [1.54, 1.807) is 18.2 Å². The third-order valence-corrected chi connectivity index (χ3v) is 19.8. The van der Waals surface area contributed by atoms with Crippen molar-refractivity contribution in [2.45, 2.75) is 91.2 Å². The first-order valence-electron chi connectivity index (χ1n) is 27.3. The van der Waals surface area contributed by atoms with E-state index in [0.29, 0.717) is 86.9 Å². The van der Waals surface area contributed by atoms with Crippen LogP contribution in [0.4, 0.5) is 34.6 Å². The zero-order valence-corrected chi connectivity index (χ0v) is 48.8. The number of imide groups is 1. The van der Waals surface area contributed by atoms with E-state index < -0.39 is 70.6 Å². The molecule has 4 aliphatic rings. The molecule has 23 heteroatoms. The highest BCUT2D eigenvalue weighted by Gasteiger charge is 2.48. The van der Waals surface area contributed by atoms with Gasteiger partial charge in [0, 0.05) is 117 Å². The molecule has 3 amide bonds. The maximum absolute atomic E-state index is 14.8. The van der Waals surface area contributed by atoms with Gasteiger partial charge in [-0.3, -0.25) is 29.5 Å². The van der Waals surface area contributed by atoms with E-state index in [2.05, 4.69) is 61.5 Å². The summed E-state index contributed by atoms with van der Waals surface area (Å²) in [5, 5.41) is 9.04. The normalized spacial score (nSPS) is 19.2. The fourth-order valence-electron chi connectivity index (χ4n) is 11.0. The number of piperazine rings is 2. The molecular formula is C59H67ClF4N8O7S3. The lowest BCUT2D eigenvalue weighted by molar-refractivity contribution is -0.133. The summed E-state index contributed by atoms with van der Waals surface area (Å²) in [6, 6.07) is 29.2. The topological polar surface area (TPSA) is 181 Å². The molecular weight excluding hydrogens is 1140 g/mol. The largest absolute Gasteiger partial charge is 0.501 e. The molecule has 5 aromatic carbocycles. The third kappa shape index (κ3) is 15.6. The summed E-state index contributed by atoms with van der Waals surface area (Å²) < 4.78 is 114. The number of halogens is 5.